The Hall–Kier alpha value is -4.29. The molecule has 0 bridgehead atoms. The highest BCUT2D eigenvalue weighted by Gasteiger charge is 2.30. The Balaban J connectivity index is 1.17. The maximum absolute atomic E-state index is 13.7. The van der Waals surface area contributed by atoms with Gasteiger partial charge < -0.3 is 14.7 Å². The maximum atomic E-state index is 13.7. The van der Waals surface area contributed by atoms with Gasteiger partial charge in [0.05, 0.1) is 17.1 Å². The van der Waals surface area contributed by atoms with Crippen molar-refractivity contribution in [3.8, 4) is 0 Å². The Morgan fingerprint density at radius 1 is 0.881 bits per heavy atom. The highest BCUT2D eigenvalue weighted by molar-refractivity contribution is 8.04. The van der Waals surface area contributed by atoms with Gasteiger partial charge in [-0.15, -0.1) is 0 Å². The van der Waals surface area contributed by atoms with Crippen LogP contribution in [0.5, 0.6) is 0 Å². The summed E-state index contributed by atoms with van der Waals surface area (Å²) in [6, 6.07) is 32.7. The van der Waals surface area contributed by atoms with Gasteiger partial charge in [-0.2, -0.15) is 0 Å². The molecular weight excluding hydrogens is 538 g/mol. The zero-order valence-electron chi connectivity index (χ0n) is 24.3. The van der Waals surface area contributed by atoms with Crippen molar-refractivity contribution in [3.05, 3.63) is 130 Å². The molecule has 2 heterocycles. The molecule has 0 aliphatic carbocycles. The molecule has 212 valence electrons. The van der Waals surface area contributed by atoms with E-state index in [9.17, 15) is 9.59 Å². The monoisotopic (exact) mass is 573 g/mol. The number of amides is 2. The van der Waals surface area contributed by atoms with E-state index in [0.717, 1.165) is 28.3 Å². The van der Waals surface area contributed by atoms with Crippen LogP contribution in [0, 0.1) is 13.8 Å². The highest BCUT2D eigenvalue weighted by Crippen LogP contribution is 2.42. The standard InChI is InChI=1S/C36H35N3O2S/c1-25-8-6-10-29(20-25)24-39-32-12-4-5-13-33(32)42-34(36(39)41)22-28-14-16-30(17-15-28)35(40)37-18-19-38(27(3)23-37)31-11-7-9-26(2)21-31/h4-17,20-22,27H,18-19,23-24H2,1-3H3/b34-22+. The molecule has 0 radical (unpaired) electrons. The van der Waals surface area contributed by atoms with Crippen molar-refractivity contribution in [2.75, 3.05) is 29.4 Å². The summed E-state index contributed by atoms with van der Waals surface area (Å²) < 4.78 is 0. The fraction of sp³-hybridized carbons (Fsp3) is 0.222. The first-order chi connectivity index (χ1) is 20.4. The lowest BCUT2D eigenvalue weighted by Gasteiger charge is -2.41. The molecule has 1 atom stereocenters. The summed E-state index contributed by atoms with van der Waals surface area (Å²) in [5.41, 5.74) is 7.22. The van der Waals surface area contributed by atoms with Crippen molar-refractivity contribution in [1.29, 1.82) is 0 Å². The Kier molecular flexibility index (Phi) is 7.90. The fourth-order valence-electron chi connectivity index (χ4n) is 5.80. The van der Waals surface area contributed by atoms with Crippen molar-refractivity contribution < 1.29 is 9.59 Å². The number of carbonyl (C=O) groups is 2. The van der Waals surface area contributed by atoms with Gasteiger partial charge >= 0.3 is 0 Å². The van der Waals surface area contributed by atoms with E-state index in [2.05, 4.69) is 74.2 Å². The van der Waals surface area contributed by atoms with E-state index in [1.807, 2.05) is 64.4 Å². The number of fused-ring (bicyclic) bond motifs is 1. The number of thioether (sulfide) groups is 1. The smallest absolute Gasteiger partial charge is 0.265 e. The number of hydrogen-bond donors (Lipinski definition) is 0. The van der Waals surface area contributed by atoms with Crippen LogP contribution in [-0.2, 0) is 11.3 Å². The summed E-state index contributed by atoms with van der Waals surface area (Å²) in [7, 11) is 0. The third-order valence-electron chi connectivity index (χ3n) is 7.96. The number of rotatable bonds is 5. The molecule has 1 saturated heterocycles. The maximum Gasteiger partial charge on any atom is 0.265 e. The largest absolute Gasteiger partial charge is 0.365 e. The van der Waals surface area contributed by atoms with Gasteiger partial charge in [0.15, 0.2) is 0 Å². The van der Waals surface area contributed by atoms with Gasteiger partial charge in [0, 0.05) is 41.8 Å². The molecule has 0 aromatic heterocycles. The second kappa shape index (κ2) is 11.9. The summed E-state index contributed by atoms with van der Waals surface area (Å²) >= 11 is 1.50. The van der Waals surface area contributed by atoms with E-state index in [4.69, 9.17) is 0 Å². The first-order valence-corrected chi connectivity index (χ1v) is 15.3. The molecular formula is C36H35N3O2S. The molecule has 6 heteroatoms. The Bertz CT molecular complexity index is 1660. The van der Waals surface area contributed by atoms with Gasteiger partial charge in [0.1, 0.15) is 0 Å². The Morgan fingerprint density at radius 3 is 2.36 bits per heavy atom. The van der Waals surface area contributed by atoms with Crippen LogP contribution in [-0.4, -0.2) is 42.4 Å². The van der Waals surface area contributed by atoms with Crippen LogP contribution in [0.25, 0.3) is 6.08 Å². The van der Waals surface area contributed by atoms with Crippen LogP contribution in [0.3, 0.4) is 0 Å². The first-order valence-electron chi connectivity index (χ1n) is 14.4. The lowest BCUT2D eigenvalue weighted by Crippen LogP contribution is -2.53. The van der Waals surface area contributed by atoms with Crippen molar-refractivity contribution in [3.63, 3.8) is 0 Å². The molecule has 0 saturated carbocycles. The van der Waals surface area contributed by atoms with Gasteiger partial charge in [-0.1, -0.05) is 78.0 Å². The number of piperazine rings is 1. The number of carbonyl (C=O) groups excluding carboxylic acids is 2. The van der Waals surface area contributed by atoms with Crippen LogP contribution in [0.2, 0.25) is 0 Å². The van der Waals surface area contributed by atoms with Crippen LogP contribution >= 0.6 is 11.8 Å². The van der Waals surface area contributed by atoms with E-state index < -0.39 is 0 Å². The van der Waals surface area contributed by atoms with Gasteiger partial charge in [0.25, 0.3) is 11.8 Å². The van der Waals surface area contributed by atoms with Gasteiger partial charge in [0.2, 0.25) is 0 Å². The van der Waals surface area contributed by atoms with Crippen molar-refractivity contribution in [2.45, 2.75) is 38.3 Å². The van der Waals surface area contributed by atoms with E-state index in [0.29, 0.717) is 30.1 Å². The lowest BCUT2D eigenvalue weighted by atomic mass is 10.1. The van der Waals surface area contributed by atoms with Crippen LogP contribution in [0.4, 0.5) is 11.4 Å². The molecule has 4 aromatic rings. The van der Waals surface area contributed by atoms with Crippen molar-refractivity contribution in [2.24, 2.45) is 0 Å². The second-order valence-corrected chi connectivity index (χ2v) is 12.3. The third kappa shape index (κ3) is 5.86. The number of benzene rings is 4. The molecule has 1 fully saturated rings. The van der Waals surface area contributed by atoms with Crippen LogP contribution in [0.1, 0.15) is 39.5 Å². The van der Waals surface area contributed by atoms with E-state index in [1.54, 1.807) is 0 Å². The molecule has 5 nitrogen and oxygen atoms in total. The SMILES string of the molecule is Cc1cccc(CN2C(=O)/C(=C\c3ccc(C(=O)N4CCN(c5cccc(C)c5)C(C)C4)cc3)Sc3ccccc32)c1. The van der Waals surface area contributed by atoms with Gasteiger partial charge in [-0.05, 0) is 79.9 Å². The summed E-state index contributed by atoms with van der Waals surface area (Å²) in [6.45, 7) is 9.03. The number of nitrogens with zero attached hydrogens (tertiary/aromatic N) is 3. The number of hydrogen-bond acceptors (Lipinski definition) is 4. The minimum atomic E-state index is -0.0131. The topological polar surface area (TPSA) is 43.9 Å². The molecule has 0 spiro atoms. The zero-order chi connectivity index (χ0) is 29.2. The number of para-hydroxylation sites is 1. The molecule has 2 aliphatic rings. The average Bonchev–Trinajstić information content (AvgIpc) is 2.99. The highest BCUT2D eigenvalue weighted by atomic mass is 32.2. The van der Waals surface area contributed by atoms with E-state index in [1.165, 1.54) is 28.6 Å². The molecule has 0 N–H and O–H groups in total. The first kappa shape index (κ1) is 27.9. The minimum Gasteiger partial charge on any atom is -0.365 e. The molecule has 42 heavy (non-hydrogen) atoms. The second-order valence-electron chi connectivity index (χ2n) is 11.2. The van der Waals surface area contributed by atoms with Gasteiger partial charge in [-0.3, -0.25) is 9.59 Å². The number of aryl methyl sites for hydroxylation is 2. The predicted octanol–water partition coefficient (Wildman–Crippen LogP) is 7.33. The predicted molar refractivity (Wildman–Crippen MR) is 173 cm³/mol. The fourth-order valence-corrected chi connectivity index (χ4v) is 6.86. The van der Waals surface area contributed by atoms with Crippen molar-refractivity contribution in [1.82, 2.24) is 4.90 Å². The molecule has 2 amide bonds. The van der Waals surface area contributed by atoms with E-state index >= 15 is 0 Å². The average molecular weight is 574 g/mol. The molecule has 1 unspecified atom stereocenters. The summed E-state index contributed by atoms with van der Waals surface area (Å²) in [5.74, 6) is 0.0344. The minimum absolute atomic E-state index is 0.0131. The summed E-state index contributed by atoms with van der Waals surface area (Å²) in [4.78, 5) is 35.0. The Morgan fingerprint density at radius 2 is 1.62 bits per heavy atom. The molecule has 6 rings (SSSR count). The van der Waals surface area contributed by atoms with Crippen LogP contribution in [0.15, 0.2) is 107 Å². The lowest BCUT2D eigenvalue weighted by molar-refractivity contribution is -0.114. The summed E-state index contributed by atoms with van der Waals surface area (Å²) in [6.07, 6.45) is 1.93. The Labute approximate surface area is 252 Å². The van der Waals surface area contributed by atoms with Gasteiger partial charge in [-0.25, -0.2) is 0 Å². The molecule has 2 aliphatic heterocycles. The quantitative estimate of drug-likeness (QED) is 0.235. The van der Waals surface area contributed by atoms with Crippen LogP contribution < -0.4 is 9.80 Å². The number of anilines is 2. The summed E-state index contributed by atoms with van der Waals surface area (Å²) in [5, 5.41) is 0. The van der Waals surface area contributed by atoms with E-state index in [-0.39, 0.29) is 17.9 Å². The zero-order valence-corrected chi connectivity index (χ0v) is 25.1. The third-order valence-corrected chi connectivity index (χ3v) is 9.04. The van der Waals surface area contributed by atoms with Crippen molar-refractivity contribution >= 4 is 41.0 Å². The normalized spacial score (nSPS) is 17.9. The molecule has 4 aromatic carbocycles.